The van der Waals surface area contributed by atoms with E-state index in [-0.39, 0.29) is 42.5 Å². The summed E-state index contributed by atoms with van der Waals surface area (Å²) >= 11 is 0. The largest absolute Gasteiger partial charge is 0.512 e. The van der Waals surface area contributed by atoms with E-state index >= 15 is 0 Å². The van der Waals surface area contributed by atoms with E-state index in [1.807, 2.05) is 41.5 Å². The van der Waals surface area contributed by atoms with E-state index in [0.29, 0.717) is 0 Å². The fraction of sp³-hybridized carbons (Fsp3) is 0.294. The first-order chi connectivity index (χ1) is 25.9. The van der Waals surface area contributed by atoms with Crippen molar-refractivity contribution in [1.82, 2.24) is 4.98 Å². The van der Waals surface area contributed by atoms with Crippen LogP contribution in [0.3, 0.4) is 0 Å². The number of nitrogens with zero attached hydrogens (tertiary/aromatic N) is 1. The van der Waals surface area contributed by atoms with Crippen molar-refractivity contribution in [3.63, 3.8) is 0 Å². The number of allylic oxidation sites excluding steroid dienone is 2. The molecule has 0 saturated carbocycles. The van der Waals surface area contributed by atoms with E-state index in [1.54, 1.807) is 0 Å². The van der Waals surface area contributed by atoms with Crippen molar-refractivity contribution in [2.45, 2.75) is 87.9 Å². The van der Waals surface area contributed by atoms with Gasteiger partial charge in [0.15, 0.2) is 5.78 Å². The van der Waals surface area contributed by atoms with E-state index in [9.17, 15) is 9.90 Å². The van der Waals surface area contributed by atoms with Crippen LogP contribution in [0.15, 0.2) is 127 Å². The number of benzene rings is 5. The quantitative estimate of drug-likeness (QED) is 0.0644. The number of hydrogen-bond donors (Lipinski definition) is 1. The summed E-state index contributed by atoms with van der Waals surface area (Å²) < 4.78 is 0. The molecular weight excluding hydrogens is 879 g/mol. The van der Waals surface area contributed by atoms with Crippen LogP contribution in [0.25, 0.3) is 55.5 Å². The Morgan fingerprint density at radius 1 is 0.714 bits per heavy atom. The molecule has 0 spiro atoms. The second-order valence-corrected chi connectivity index (χ2v) is 22.2. The van der Waals surface area contributed by atoms with Crippen LogP contribution >= 0.6 is 0 Å². The Kier molecular flexibility index (Phi) is 14.4. The Labute approximate surface area is 350 Å². The van der Waals surface area contributed by atoms with E-state index in [4.69, 9.17) is 4.98 Å². The molecule has 3 nitrogen and oxygen atoms in total. The van der Waals surface area contributed by atoms with Gasteiger partial charge in [-0.25, -0.2) is 0 Å². The number of rotatable bonds is 10. The molecule has 0 saturated heterocycles. The maximum absolute atomic E-state index is 11.8. The van der Waals surface area contributed by atoms with E-state index in [0.717, 1.165) is 35.2 Å². The first-order valence-electron chi connectivity index (χ1n) is 19.6. The molecule has 0 bridgehead atoms. The third kappa shape index (κ3) is 10.3. The van der Waals surface area contributed by atoms with Crippen LogP contribution < -0.4 is 5.19 Å². The van der Waals surface area contributed by atoms with Gasteiger partial charge in [0.2, 0.25) is 0 Å². The van der Waals surface area contributed by atoms with E-state index in [1.165, 1.54) is 55.6 Å². The molecule has 0 atom stereocenters. The summed E-state index contributed by atoms with van der Waals surface area (Å²) in [6.07, 6.45) is 2.99. The topological polar surface area (TPSA) is 50.2 Å². The third-order valence-electron chi connectivity index (χ3n) is 11.0. The van der Waals surface area contributed by atoms with E-state index in [2.05, 4.69) is 155 Å². The van der Waals surface area contributed by atoms with Crippen molar-refractivity contribution in [1.29, 1.82) is 0 Å². The van der Waals surface area contributed by atoms with Gasteiger partial charge in [0.1, 0.15) is 5.76 Å². The molecule has 293 valence electrons. The second kappa shape index (κ2) is 18.2. The van der Waals surface area contributed by atoms with Crippen molar-refractivity contribution >= 4 is 29.9 Å². The van der Waals surface area contributed by atoms with Crippen molar-refractivity contribution in [3.05, 3.63) is 144 Å². The van der Waals surface area contributed by atoms with Crippen molar-refractivity contribution < 1.29 is 30.0 Å². The third-order valence-corrected chi connectivity index (χ3v) is 13.0. The molecule has 0 aliphatic rings. The molecule has 0 unspecified atom stereocenters. The Morgan fingerprint density at radius 2 is 1.27 bits per heavy atom. The number of aliphatic hydroxyl groups is 1. The standard InChI is InChI=1S/C38H34NSi.C13H24O2.Ir/c1-26-21-27(2)23-30(22-26)37-25-35(34-24-31(40(3,4)5)19-20-36(34)39-37)38-32(28-13-8-6-9-14-28)17-12-18-33(38)29-15-10-7-11-16-29;1-7-12(3,4)10(14)9-11(15)13(5,6)8-2;/h6-22,24-25H,1-5H3;9,14H,7-8H2,1-6H3;/q-1;;/b;10-9-;. The molecule has 6 rings (SSSR count). The number of pyridine rings is 1. The summed E-state index contributed by atoms with van der Waals surface area (Å²) in [5, 5.41) is 12.5. The molecule has 1 N–H and O–H groups in total. The predicted molar refractivity (Wildman–Crippen MR) is 239 cm³/mol. The van der Waals surface area contributed by atoms with Gasteiger partial charge >= 0.3 is 0 Å². The van der Waals surface area contributed by atoms with Crippen molar-refractivity contribution in [2.75, 3.05) is 0 Å². The summed E-state index contributed by atoms with van der Waals surface area (Å²) in [6, 6.07) is 45.4. The number of ketones is 1. The smallest absolute Gasteiger partial charge is 0.164 e. The summed E-state index contributed by atoms with van der Waals surface area (Å²) in [6.45, 7) is 23.1. The normalized spacial score (nSPS) is 12.1. The second-order valence-electron chi connectivity index (χ2n) is 17.1. The molecule has 1 aromatic heterocycles. The van der Waals surface area contributed by atoms with Gasteiger partial charge < -0.3 is 5.11 Å². The minimum atomic E-state index is -1.56. The first kappa shape index (κ1) is 44.3. The van der Waals surface area contributed by atoms with Crippen LogP contribution in [-0.4, -0.2) is 23.9 Å². The Morgan fingerprint density at radius 3 is 1.77 bits per heavy atom. The number of carbonyl (C=O) groups excluding carboxylic acids is 1. The van der Waals surface area contributed by atoms with Gasteiger partial charge in [-0.2, -0.15) is 0 Å². The predicted octanol–water partition coefficient (Wildman–Crippen LogP) is 13.7. The molecular formula is C51H58IrNO2Si-. The fourth-order valence-corrected chi connectivity index (χ4v) is 7.66. The number of aliphatic hydroxyl groups excluding tert-OH is 1. The molecule has 1 heterocycles. The van der Waals surface area contributed by atoms with Crippen LogP contribution in [0.2, 0.25) is 19.6 Å². The van der Waals surface area contributed by atoms with Crippen LogP contribution in [0, 0.1) is 30.7 Å². The van der Waals surface area contributed by atoms with Crippen LogP contribution in [-0.2, 0) is 24.9 Å². The Hall–Kier alpha value is -4.41. The SMILES string of the molecule is CCC(C)(C)C(=O)/C=C(\O)C(C)(C)CC.Cc1[c-]c(-c2cc(-c3c(-c4ccccc4)cccc3-c3ccccc3)c3cc([Si](C)(C)C)ccc3n2)cc(C)c1.[Ir]. The number of hydrogen-bond acceptors (Lipinski definition) is 3. The van der Waals surface area contributed by atoms with Crippen molar-refractivity contribution in [3.8, 4) is 44.6 Å². The zero-order valence-electron chi connectivity index (χ0n) is 35.1. The number of aryl methyl sites for hydroxylation is 2. The van der Waals surface area contributed by atoms with Crippen LogP contribution in [0.1, 0.15) is 65.5 Å². The summed E-state index contributed by atoms with van der Waals surface area (Å²) in [4.78, 5) is 17.1. The van der Waals surface area contributed by atoms with Gasteiger partial charge in [-0.1, -0.05) is 177 Å². The Bertz CT molecular complexity index is 2240. The molecule has 5 heteroatoms. The van der Waals surface area contributed by atoms with Gasteiger partial charge in [0.05, 0.1) is 13.6 Å². The molecule has 6 aromatic rings. The minimum absolute atomic E-state index is 0. The monoisotopic (exact) mass is 937 g/mol. The van der Waals surface area contributed by atoms with Gasteiger partial charge in [-0.15, -0.1) is 34.9 Å². The summed E-state index contributed by atoms with van der Waals surface area (Å²) in [5.41, 5.74) is 12.0. The van der Waals surface area contributed by atoms with Gasteiger partial charge in [0, 0.05) is 42.4 Å². The number of fused-ring (bicyclic) bond motifs is 1. The Balaban J connectivity index is 0.000000372. The van der Waals surface area contributed by atoms with E-state index < -0.39 is 8.07 Å². The maximum Gasteiger partial charge on any atom is 0.164 e. The van der Waals surface area contributed by atoms with Crippen LogP contribution in [0.5, 0.6) is 0 Å². The molecule has 0 fully saturated rings. The zero-order valence-corrected chi connectivity index (χ0v) is 38.5. The average molecular weight is 937 g/mol. The number of carbonyl (C=O) groups is 1. The minimum Gasteiger partial charge on any atom is -0.512 e. The van der Waals surface area contributed by atoms with Crippen LogP contribution in [0.4, 0.5) is 0 Å². The molecule has 0 aliphatic heterocycles. The summed E-state index contributed by atoms with van der Waals surface area (Å²) in [7, 11) is -1.56. The van der Waals surface area contributed by atoms with Gasteiger partial charge in [0.25, 0.3) is 0 Å². The fourth-order valence-electron chi connectivity index (χ4n) is 6.50. The molecule has 56 heavy (non-hydrogen) atoms. The molecule has 1 radical (unpaired) electrons. The van der Waals surface area contributed by atoms with Gasteiger partial charge in [-0.05, 0) is 58.0 Å². The average Bonchev–Trinajstić information content (AvgIpc) is 3.17. The summed E-state index contributed by atoms with van der Waals surface area (Å²) in [5.74, 6) is 0.195. The van der Waals surface area contributed by atoms with Crippen molar-refractivity contribution in [2.24, 2.45) is 10.8 Å². The molecule has 0 aliphatic carbocycles. The maximum atomic E-state index is 11.8. The zero-order chi connectivity index (χ0) is 40.1. The first-order valence-corrected chi connectivity index (χ1v) is 23.1. The molecule has 5 aromatic carbocycles. The number of aromatic nitrogens is 1. The molecule has 0 amide bonds. The van der Waals surface area contributed by atoms with Gasteiger partial charge in [-0.3, -0.25) is 9.78 Å².